The number of carbonyl (C=O) groups excluding carboxylic acids is 1. The molecule has 2 aromatic rings. The number of methoxy groups -OCH3 is 1. The Balaban J connectivity index is 1.36. The second-order valence-electron chi connectivity index (χ2n) is 7.60. The fraction of sp³-hybridized carbons (Fsp3) is 0.476. The summed E-state index contributed by atoms with van der Waals surface area (Å²) in [7, 11) is 1.67. The average molecular weight is 397 g/mol. The van der Waals surface area contributed by atoms with Gasteiger partial charge in [0, 0.05) is 57.1 Å². The summed E-state index contributed by atoms with van der Waals surface area (Å²) in [6.07, 6.45) is 3.48. The number of nitrogens with one attached hydrogen (secondary N) is 1. The number of rotatable bonds is 4. The third-order valence-electron chi connectivity index (χ3n) is 5.80. The normalized spacial score (nSPS) is 19.9. The molecule has 8 nitrogen and oxygen atoms in total. The van der Waals surface area contributed by atoms with E-state index < -0.39 is 0 Å². The van der Waals surface area contributed by atoms with Crippen LogP contribution in [0.2, 0.25) is 0 Å². The summed E-state index contributed by atoms with van der Waals surface area (Å²) in [5.74, 6) is 1.03. The van der Waals surface area contributed by atoms with Crippen molar-refractivity contribution in [1.82, 2.24) is 15.1 Å². The lowest BCUT2D eigenvalue weighted by molar-refractivity contribution is -0.136. The van der Waals surface area contributed by atoms with Crippen LogP contribution in [0.15, 0.2) is 41.3 Å². The maximum atomic E-state index is 13.1. The van der Waals surface area contributed by atoms with Crippen LogP contribution in [-0.4, -0.2) is 67.4 Å². The Labute approximate surface area is 170 Å². The minimum atomic E-state index is -0.218. The maximum absolute atomic E-state index is 13.1. The van der Waals surface area contributed by atoms with Gasteiger partial charge in [-0.15, -0.1) is 0 Å². The van der Waals surface area contributed by atoms with Crippen molar-refractivity contribution < 1.29 is 9.53 Å². The predicted octanol–water partition coefficient (Wildman–Crippen LogP) is 1.34. The molecule has 8 heteroatoms. The van der Waals surface area contributed by atoms with E-state index in [2.05, 4.69) is 26.1 Å². The molecule has 0 aliphatic carbocycles. The van der Waals surface area contributed by atoms with E-state index in [0.717, 1.165) is 62.7 Å². The second-order valence-corrected chi connectivity index (χ2v) is 7.60. The minimum absolute atomic E-state index is 0.0357. The van der Waals surface area contributed by atoms with E-state index in [1.54, 1.807) is 19.4 Å². The lowest BCUT2D eigenvalue weighted by Gasteiger charge is -2.40. The number of hydrogen-bond acceptors (Lipinski definition) is 6. The fourth-order valence-corrected chi connectivity index (χ4v) is 4.20. The van der Waals surface area contributed by atoms with Gasteiger partial charge in [0.2, 0.25) is 5.91 Å². The van der Waals surface area contributed by atoms with E-state index in [0.29, 0.717) is 6.54 Å². The van der Waals surface area contributed by atoms with Crippen molar-refractivity contribution in [1.29, 1.82) is 0 Å². The summed E-state index contributed by atoms with van der Waals surface area (Å²) >= 11 is 0. The van der Waals surface area contributed by atoms with Crippen LogP contribution in [0.1, 0.15) is 12.8 Å². The molecule has 2 saturated heterocycles. The van der Waals surface area contributed by atoms with Crippen molar-refractivity contribution in [2.45, 2.75) is 12.8 Å². The molecule has 1 unspecified atom stereocenters. The quantitative estimate of drug-likeness (QED) is 0.839. The lowest BCUT2D eigenvalue weighted by Crippen LogP contribution is -2.52. The second kappa shape index (κ2) is 8.55. The number of piperazine rings is 1. The third kappa shape index (κ3) is 4.36. The largest absolute Gasteiger partial charge is 0.497 e. The topological polar surface area (TPSA) is 81.8 Å². The first-order valence-electron chi connectivity index (χ1n) is 10.1. The van der Waals surface area contributed by atoms with E-state index in [4.69, 9.17) is 4.74 Å². The molecule has 4 rings (SSSR count). The number of nitrogens with zero attached hydrogens (tertiary/aromatic N) is 4. The zero-order valence-corrected chi connectivity index (χ0v) is 16.7. The van der Waals surface area contributed by atoms with Crippen molar-refractivity contribution in [3.63, 3.8) is 0 Å². The van der Waals surface area contributed by atoms with Crippen LogP contribution in [0, 0.1) is 5.92 Å². The molecule has 0 radical (unpaired) electrons. The van der Waals surface area contributed by atoms with Gasteiger partial charge in [-0.2, -0.15) is 5.10 Å². The molecule has 1 N–H and O–H groups in total. The van der Waals surface area contributed by atoms with Gasteiger partial charge < -0.3 is 19.4 Å². The standard InChI is InChI=1S/C21H27N5O3/c1-29-19-6-2-5-17(12-19)24-8-10-25(11-9-24)21(28)16-4-3-7-26(15-16)18-13-20(27)23-22-14-18/h2,5-6,12-14,16H,3-4,7-11,15H2,1H3,(H,23,27). The van der Waals surface area contributed by atoms with Crippen molar-refractivity contribution >= 4 is 17.3 Å². The van der Waals surface area contributed by atoms with E-state index in [1.165, 1.54) is 0 Å². The Morgan fingerprint density at radius 3 is 2.69 bits per heavy atom. The SMILES string of the molecule is COc1cccc(N2CCN(C(=O)C3CCCN(c4cn[nH]c(=O)c4)C3)CC2)c1. The molecule has 1 aromatic heterocycles. The summed E-state index contributed by atoms with van der Waals surface area (Å²) in [6, 6.07) is 9.59. The number of piperidine rings is 1. The molecule has 0 bridgehead atoms. The Kier molecular flexibility index (Phi) is 5.69. The zero-order chi connectivity index (χ0) is 20.2. The minimum Gasteiger partial charge on any atom is -0.497 e. The van der Waals surface area contributed by atoms with Crippen LogP contribution in [0.25, 0.3) is 0 Å². The summed E-state index contributed by atoms with van der Waals surface area (Å²) in [4.78, 5) is 31.0. The molecule has 0 spiro atoms. The zero-order valence-electron chi connectivity index (χ0n) is 16.7. The van der Waals surface area contributed by atoms with Crippen LogP contribution in [0.3, 0.4) is 0 Å². The fourth-order valence-electron chi connectivity index (χ4n) is 4.20. The smallest absolute Gasteiger partial charge is 0.266 e. The molecule has 0 saturated carbocycles. The van der Waals surface area contributed by atoms with Crippen LogP contribution in [0.5, 0.6) is 5.75 Å². The highest BCUT2D eigenvalue weighted by molar-refractivity contribution is 5.80. The Morgan fingerprint density at radius 1 is 1.10 bits per heavy atom. The van der Waals surface area contributed by atoms with E-state index in [1.807, 2.05) is 23.1 Å². The molecule has 2 fully saturated rings. The van der Waals surface area contributed by atoms with Gasteiger partial charge in [0.1, 0.15) is 5.75 Å². The lowest BCUT2D eigenvalue weighted by atomic mass is 9.96. The third-order valence-corrected chi connectivity index (χ3v) is 5.80. The summed E-state index contributed by atoms with van der Waals surface area (Å²) in [6.45, 7) is 4.55. The van der Waals surface area contributed by atoms with Gasteiger partial charge in [0.25, 0.3) is 5.56 Å². The number of aromatic amines is 1. The van der Waals surface area contributed by atoms with Crippen molar-refractivity contribution in [2.75, 3.05) is 56.2 Å². The van der Waals surface area contributed by atoms with Gasteiger partial charge >= 0.3 is 0 Å². The molecule has 1 amide bonds. The first kappa shape index (κ1) is 19.3. The average Bonchev–Trinajstić information content (AvgIpc) is 2.79. The number of aromatic nitrogens is 2. The maximum Gasteiger partial charge on any atom is 0.266 e. The van der Waals surface area contributed by atoms with E-state index >= 15 is 0 Å². The van der Waals surface area contributed by atoms with Crippen molar-refractivity contribution in [3.05, 3.63) is 46.9 Å². The van der Waals surface area contributed by atoms with Crippen LogP contribution in [0.4, 0.5) is 11.4 Å². The van der Waals surface area contributed by atoms with Gasteiger partial charge in [0.15, 0.2) is 0 Å². The molecular weight excluding hydrogens is 370 g/mol. The summed E-state index contributed by atoms with van der Waals surface area (Å²) < 4.78 is 5.32. The molecule has 3 heterocycles. The van der Waals surface area contributed by atoms with E-state index in [9.17, 15) is 9.59 Å². The summed E-state index contributed by atoms with van der Waals surface area (Å²) in [5.41, 5.74) is 1.70. The predicted molar refractivity (Wildman–Crippen MR) is 112 cm³/mol. The Hall–Kier alpha value is -3.03. The number of hydrogen-bond donors (Lipinski definition) is 1. The van der Waals surface area contributed by atoms with Crippen molar-refractivity contribution in [2.24, 2.45) is 5.92 Å². The Morgan fingerprint density at radius 2 is 1.93 bits per heavy atom. The highest BCUT2D eigenvalue weighted by Crippen LogP contribution is 2.25. The molecule has 154 valence electrons. The first-order valence-corrected chi connectivity index (χ1v) is 10.1. The van der Waals surface area contributed by atoms with Crippen LogP contribution < -0.4 is 20.1 Å². The highest BCUT2D eigenvalue weighted by Gasteiger charge is 2.31. The highest BCUT2D eigenvalue weighted by atomic mass is 16.5. The number of carbonyl (C=O) groups is 1. The molecule has 2 aliphatic rings. The van der Waals surface area contributed by atoms with E-state index in [-0.39, 0.29) is 17.4 Å². The monoisotopic (exact) mass is 397 g/mol. The van der Waals surface area contributed by atoms with Gasteiger partial charge in [-0.1, -0.05) is 6.07 Å². The molecule has 1 aromatic carbocycles. The van der Waals surface area contributed by atoms with Crippen LogP contribution in [-0.2, 0) is 4.79 Å². The first-order chi connectivity index (χ1) is 14.1. The molecule has 1 atom stereocenters. The molecule has 29 heavy (non-hydrogen) atoms. The summed E-state index contributed by atoms with van der Waals surface area (Å²) in [5, 5.41) is 6.28. The van der Waals surface area contributed by atoms with Gasteiger partial charge in [0.05, 0.1) is 24.9 Å². The molecular formula is C21H27N5O3. The van der Waals surface area contributed by atoms with Crippen LogP contribution >= 0.6 is 0 Å². The van der Waals surface area contributed by atoms with Gasteiger partial charge in [-0.3, -0.25) is 9.59 Å². The number of anilines is 2. The van der Waals surface area contributed by atoms with Gasteiger partial charge in [-0.05, 0) is 25.0 Å². The van der Waals surface area contributed by atoms with Gasteiger partial charge in [-0.25, -0.2) is 5.10 Å². The molecule has 2 aliphatic heterocycles. The number of ether oxygens (including phenoxy) is 1. The van der Waals surface area contributed by atoms with Crippen molar-refractivity contribution in [3.8, 4) is 5.75 Å². The number of benzene rings is 1. The number of H-pyrrole nitrogens is 1. The number of amides is 1. The Bertz CT molecular complexity index is 907.